The van der Waals surface area contributed by atoms with Gasteiger partial charge in [0, 0.05) is 24.5 Å². The Kier molecular flexibility index (Phi) is 3.66. The van der Waals surface area contributed by atoms with E-state index in [0.29, 0.717) is 0 Å². The van der Waals surface area contributed by atoms with E-state index in [0.717, 1.165) is 55.8 Å². The molecule has 1 saturated heterocycles. The van der Waals surface area contributed by atoms with E-state index in [1.165, 1.54) is 5.56 Å². The summed E-state index contributed by atoms with van der Waals surface area (Å²) in [5.41, 5.74) is 9.83. The molecule has 4 rings (SSSR count). The molecule has 0 spiro atoms. The van der Waals surface area contributed by atoms with Crippen molar-refractivity contribution in [2.24, 2.45) is 5.73 Å². The quantitative estimate of drug-likeness (QED) is 0.892. The SMILES string of the molecule is NC(CC(=O)O)(c1ncn2c1CCc1ccccc1-2)N1CCCC1. The van der Waals surface area contributed by atoms with Crippen LogP contribution in [0.5, 0.6) is 0 Å². The number of fused-ring (bicyclic) bond motifs is 3. The number of hydrogen-bond donors (Lipinski definition) is 2. The fourth-order valence-electron chi connectivity index (χ4n) is 4.08. The Hall–Kier alpha value is -2.18. The van der Waals surface area contributed by atoms with Gasteiger partial charge in [-0.3, -0.25) is 9.69 Å². The molecule has 2 aliphatic heterocycles. The lowest BCUT2D eigenvalue weighted by Crippen LogP contribution is -2.54. The number of benzene rings is 1. The van der Waals surface area contributed by atoms with Crippen LogP contribution >= 0.6 is 0 Å². The monoisotopic (exact) mass is 326 g/mol. The minimum atomic E-state index is -1.03. The zero-order valence-corrected chi connectivity index (χ0v) is 13.6. The van der Waals surface area contributed by atoms with Gasteiger partial charge in [0.2, 0.25) is 0 Å². The molecule has 3 heterocycles. The van der Waals surface area contributed by atoms with Gasteiger partial charge in [-0.15, -0.1) is 0 Å². The van der Waals surface area contributed by atoms with E-state index in [4.69, 9.17) is 5.73 Å². The average Bonchev–Trinajstić information content (AvgIpc) is 3.24. The molecule has 6 heteroatoms. The molecule has 0 saturated carbocycles. The van der Waals surface area contributed by atoms with Crippen LogP contribution in [0.25, 0.3) is 5.69 Å². The normalized spacial score (nSPS) is 19.5. The van der Waals surface area contributed by atoms with Crippen LogP contribution in [0.1, 0.15) is 36.2 Å². The number of carboxylic acids is 1. The first-order valence-electron chi connectivity index (χ1n) is 8.50. The molecule has 2 aromatic rings. The Labute approximate surface area is 140 Å². The van der Waals surface area contributed by atoms with Gasteiger partial charge in [0.25, 0.3) is 0 Å². The van der Waals surface area contributed by atoms with Gasteiger partial charge in [-0.25, -0.2) is 4.98 Å². The number of carboxylic acid groups (broad SMARTS) is 1. The van der Waals surface area contributed by atoms with E-state index in [1.54, 1.807) is 6.33 Å². The van der Waals surface area contributed by atoms with E-state index in [2.05, 4.69) is 26.6 Å². The summed E-state index contributed by atoms with van der Waals surface area (Å²) in [5, 5.41) is 9.43. The van der Waals surface area contributed by atoms with Gasteiger partial charge in [-0.05, 0) is 37.3 Å². The second kappa shape index (κ2) is 5.72. The van der Waals surface area contributed by atoms with Crippen LogP contribution in [0.3, 0.4) is 0 Å². The molecule has 1 atom stereocenters. The van der Waals surface area contributed by atoms with E-state index < -0.39 is 11.6 Å². The summed E-state index contributed by atoms with van der Waals surface area (Å²) in [7, 11) is 0. The molecule has 0 aliphatic carbocycles. The standard InChI is InChI=1S/C18H22N4O2/c19-18(11-16(23)24,21-9-3-4-10-21)17-15-8-7-13-5-1-2-6-14(13)22(15)12-20-17/h1-2,5-6,12H,3-4,7-11,19H2,(H,23,24). The van der Waals surface area contributed by atoms with Crippen molar-refractivity contribution in [3.05, 3.63) is 47.5 Å². The van der Waals surface area contributed by atoms with Gasteiger partial charge in [-0.1, -0.05) is 18.2 Å². The van der Waals surface area contributed by atoms with Crippen molar-refractivity contribution in [2.75, 3.05) is 13.1 Å². The van der Waals surface area contributed by atoms with Crippen LogP contribution in [0, 0.1) is 0 Å². The van der Waals surface area contributed by atoms with Crippen molar-refractivity contribution in [3.63, 3.8) is 0 Å². The lowest BCUT2D eigenvalue weighted by atomic mass is 9.94. The van der Waals surface area contributed by atoms with Gasteiger partial charge in [0.15, 0.2) is 0 Å². The predicted octanol–water partition coefficient (Wildman–Crippen LogP) is 1.65. The molecule has 1 fully saturated rings. The molecular formula is C18H22N4O2. The molecule has 1 aromatic carbocycles. The minimum Gasteiger partial charge on any atom is -0.481 e. The third-order valence-electron chi connectivity index (χ3n) is 5.25. The van der Waals surface area contributed by atoms with Crippen LogP contribution in [-0.4, -0.2) is 38.6 Å². The minimum absolute atomic E-state index is 0.126. The molecule has 2 aliphatic rings. The number of para-hydroxylation sites is 1. The van der Waals surface area contributed by atoms with Crippen molar-refractivity contribution in [3.8, 4) is 5.69 Å². The second-order valence-electron chi connectivity index (χ2n) is 6.73. The fourth-order valence-corrected chi connectivity index (χ4v) is 4.08. The smallest absolute Gasteiger partial charge is 0.307 e. The Morgan fingerprint density at radius 1 is 1.25 bits per heavy atom. The zero-order valence-electron chi connectivity index (χ0n) is 13.6. The van der Waals surface area contributed by atoms with Crippen LogP contribution < -0.4 is 5.73 Å². The van der Waals surface area contributed by atoms with Gasteiger partial charge >= 0.3 is 5.97 Å². The number of carbonyl (C=O) groups is 1. The van der Waals surface area contributed by atoms with Crippen molar-refractivity contribution >= 4 is 5.97 Å². The maximum Gasteiger partial charge on any atom is 0.307 e. The van der Waals surface area contributed by atoms with Crippen LogP contribution in [-0.2, 0) is 23.3 Å². The Morgan fingerprint density at radius 2 is 2.00 bits per heavy atom. The number of aryl methyl sites for hydroxylation is 1. The Bertz CT molecular complexity index is 779. The number of aliphatic carboxylic acids is 1. The third-order valence-corrected chi connectivity index (χ3v) is 5.25. The van der Waals surface area contributed by atoms with E-state index in [9.17, 15) is 9.90 Å². The fraction of sp³-hybridized carbons (Fsp3) is 0.444. The Balaban J connectivity index is 1.81. The van der Waals surface area contributed by atoms with E-state index in [1.807, 2.05) is 12.1 Å². The van der Waals surface area contributed by atoms with Gasteiger partial charge in [0.1, 0.15) is 5.66 Å². The summed E-state index contributed by atoms with van der Waals surface area (Å²) >= 11 is 0. The highest BCUT2D eigenvalue weighted by Crippen LogP contribution is 2.35. The molecule has 24 heavy (non-hydrogen) atoms. The van der Waals surface area contributed by atoms with Crippen molar-refractivity contribution in [1.82, 2.24) is 14.5 Å². The zero-order chi connectivity index (χ0) is 16.7. The van der Waals surface area contributed by atoms with Crippen molar-refractivity contribution in [1.29, 1.82) is 0 Å². The highest BCUT2D eigenvalue weighted by Gasteiger charge is 2.42. The highest BCUT2D eigenvalue weighted by molar-refractivity contribution is 5.69. The topological polar surface area (TPSA) is 84.4 Å². The molecule has 6 nitrogen and oxygen atoms in total. The van der Waals surface area contributed by atoms with Crippen LogP contribution in [0.15, 0.2) is 30.6 Å². The summed E-state index contributed by atoms with van der Waals surface area (Å²) in [6.45, 7) is 1.65. The second-order valence-corrected chi connectivity index (χ2v) is 6.73. The lowest BCUT2D eigenvalue weighted by molar-refractivity contribution is -0.140. The summed E-state index contributed by atoms with van der Waals surface area (Å²) < 4.78 is 2.08. The predicted molar refractivity (Wildman–Crippen MR) is 89.9 cm³/mol. The van der Waals surface area contributed by atoms with Gasteiger partial charge in [-0.2, -0.15) is 0 Å². The largest absolute Gasteiger partial charge is 0.481 e. The van der Waals surface area contributed by atoms with Gasteiger partial charge < -0.3 is 15.4 Å². The molecule has 1 aromatic heterocycles. The van der Waals surface area contributed by atoms with E-state index in [-0.39, 0.29) is 6.42 Å². The number of imidazole rings is 1. The average molecular weight is 326 g/mol. The number of nitrogens with two attached hydrogens (primary N) is 1. The molecule has 0 radical (unpaired) electrons. The molecule has 126 valence electrons. The number of nitrogens with zero attached hydrogens (tertiary/aromatic N) is 3. The van der Waals surface area contributed by atoms with E-state index >= 15 is 0 Å². The summed E-state index contributed by atoms with van der Waals surface area (Å²) in [5.74, 6) is -0.887. The highest BCUT2D eigenvalue weighted by atomic mass is 16.4. The molecule has 1 unspecified atom stereocenters. The maximum absolute atomic E-state index is 11.5. The first kappa shape index (κ1) is 15.4. The lowest BCUT2D eigenvalue weighted by Gasteiger charge is -2.37. The molecule has 0 bridgehead atoms. The number of aromatic nitrogens is 2. The van der Waals surface area contributed by atoms with Crippen molar-refractivity contribution < 1.29 is 9.90 Å². The molecule has 3 N–H and O–H groups in total. The molecule has 0 amide bonds. The maximum atomic E-state index is 11.5. The number of hydrogen-bond acceptors (Lipinski definition) is 4. The first-order chi connectivity index (χ1) is 11.6. The number of likely N-dealkylation sites (tertiary alicyclic amines) is 1. The third kappa shape index (κ3) is 2.34. The molecular weight excluding hydrogens is 304 g/mol. The van der Waals surface area contributed by atoms with Crippen LogP contribution in [0.2, 0.25) is 0 Å². The summed E-state index contributed by atoms with van der Waals surface area (Å²) in [6.07, 6.45) is 5.53. The Morgan fingerprint density at radius 3 is 2.75 bits per heavy atom. The first-order valence-corrected chi connectivity index (χ1v) is 8.50. The van der Waals surface area contributed by atoms with Crippen molar-refractivity contribution in [2.45, 2.75) is 37.8 Å². The number of rotatable bonds is 4. The van der Waals surface area contributed by atoms with Gasteiger partial charge in [0.05, 0.1) is 18.4 Å². The summed E-state index contributed by atoms with van der Waals surface area (Å²) in [4.78, 5) is 18.2. The summed E-state index contributed by atoms with van der Waals surface area (Å²) in [6, 6.07) is 8.27. The van der Waals surface area contributed by atoms with Crippen LogP contribution in [0.4, 0.5) is 0 Å².